The molecule has 0 spiro atoms. The van der Waals surface area contributed by atoms with E-state index in [0.29, 0.717) is 38.0 Å². The van der Waals surface area contributed by atoms with E-state index in [1.807, 2.05) is 4.90 Å². The van der Waals surface area contributed by atoms with Gasteiger partial charge in [0.1, 0.15) is 6.17 Å². The van der Waals surface area contributed by atoms with Crippen LogP contribution in [0.5, 0.6) is 0 Å². The zero-order chi connectivity index (χ0) is 18.4. The van der Waals surface area contributed by atoms with Gasteiger partial charge >= 0.3 is 6.18 Å². The first kappa shape index (κ1) is 18.2. The molecule has 0 aliphatic carbocycles. The summed E-state index contributed by atoms with van der Waals surface area (Å²) in [5.74, 6) is -0.347. The minimum Gasteiger partial charge on any atom is -0.332 e. The number of hydrogen-bond donors (Lipinski definition) is 0. The highest BCUT2D eigenvalue weighted by Crippen LogP contribution is 2.39. The summed E-state index contributed by atoms with van der Waals surface area (Å²) in [5.41, 5.74) is -0.0458. The number of halogens is 4. The van der Waals surface area contributed by atoms with Crippen LogP contribution in [0.4, 0.5) is 17.6 Å². The van der Waals surface area contributed by atoms with Gasteiger partial charge in [-0.3, -0.25) is 9.69 Å². The molecule has 0 saturated carbocycles. The molecule has 2 heterocycles. The number of piperidine rings is 1. The highest BCUT2D eigenvalue weighted by molar-refractivity contribution is 5.99. The second kappa shape index (κ2) is 6.59. The molecular weight excluding hydrogens is 336 g/mol. The molecule has 1 amide bonds. The topological polar surface area (TPSA) is 23.6 Å². The van der Waals surface area contributed by atoms with E-state index in [0.717, 1.165) is 6.07 Å². The van der Waals surface area contributed by atoms with Crippen molar-refractivity contribution in [2.45, 2.75) is 58.2 Å². The SMILES string of the molecule is CC(C)N1Cc2c(cc(CN3CCC(F)CC3)cc2C(F)(F)F)C1=O. The Morgan fingerprint density at radius 3 is 2.40 bits per heavy atom. The lowest BCUT2D eigenvalue weighted by Crippen LogP contribution is -2.34. The van der Waals surface area contributed by atoms with Crippen molar-refractivity contribution in [3.05, 3.63) is 34.4 Å². The molecule has 0 bridgehead atoms. The predicted molar refractivity (Wildman–Crippen MR) is 85.9 cm³/mol. The smallest absolute Gasteiger partial charge is 0.332 e. The van der Waals surface area contributed by atoms with Crippen molar-refractivity contribution >= 4 is 5.91 Å². The van der Waals surface area contributed by atoms with Crippen molar-refractivity contribution in [1.82, 2.24) is 9.80 Å². The standard InChI is InChI=1S/C18H22F4N2O/c1-11(2)24-10-15-14(17(24)25)7-12(8-16(15)18(20,21)22)9-23-5-3-13(19)4-6-23/h7-8,11,13H,3-6,9-10H2,1-2H3. The molecule has 0 atom stereocenters. The third-order valence-electron chi connectivity index (χ3n) is 4.98. The van der Waals surface area contributed by atoms with Gasteiger partial charge in [-0.2, -0.15) is 13.2 Å². The highest BCUT2D eigenvalue weighted by Gasteiger charge is 2.40. The van der Waals surface area contributed by atoms with Crippen LogP contribution in [0.1, 0.15) is 53.7 Å². The summed E-state index contributed by atoms with van der Waals surface area (Å²) < 4.78 is 53.8. The summed E-state index contributed by atoms with van der Waals surface area (Å²) in [6.45, 7) is 4.92. The maximum absolute atomic E-state index is 13.5. The Labute approximate surface area is 144 Å². The van der Waals surface area contributed by atoms with Crippen LogP contribution in [-0.4, -0.2) is 41.0 Å². The van der Waals surface area contributed by atoms with Crippen LogP contribution in [0.2, 0.25) is 0 Å². The van der Waals surface area contributed by atoms with Crippen LogP contribution in [0.15, 0.2) is 12.1 Å². The van der Waals surface area contributed by atoms with E-state index >= 15 is 0 Å². The van der Waals surface area contributed by atoms with Crippen LogP contribution in [-0.2, 0) is 19.3 Å². The van der Waals surface area contributed by atoms with Crippen LogP contribution in [0.25, 0.3) is 0 Å². The van der Waals surface area contributed by atoms with E-state index in [9.17, 15) is 22.4 Å². The summed E-state index contributed by atoms with van der Waals surface area (Å²) in [5, 5.41) is 0. The minimum absolute atomic E-state index is 0.00575. The van der Waals surface area contributed by atoms with Gasteiger partial charge in [0, 0.05) is 37.8 Å². The number of alkyl halides is 4. The Balaban J connectivity index is 1.93. The average molecular weight is 358 g/mol. The van der Waals surface area contributed by atoms with Crippen molar-refractivity contribution in [1.29, 1.82) is 0 Å². The Hall–Kier alpha value is -1.63. The summed E-state index contributed by atoms with van der Waals surface area (Å²) in [6, 6.07) is 2.57. The summed E-state index contributed by atoms with van der Waals surface area (Å²) in [6.07, 6.45) is -4.53. The second-order valence-electron chi connectivity index (χ2n) is 7.14. The quantitative estimate of drug-likeness (QED) is 0.763. The van der Waals surface area contributed by atoms with Crippen molar-refractivity contribution in [2.75, 3.05) is 13.1 Å². The number of fused-ring (bicyclic) bond motifs is 1. The number of benzene rings is 1. The summed E-state index contributed by atoms with van der Waals surface area (Å²) in [7, 11) is 0. The van der Waals surface area contributed by atoms with E-state index in [4.69, 9.17) is 0 Å². The molecule has 1 aromatic rings. The van der Waals surface area contributed by atoms with Gasteiger partial charge < -0.3 is 4.90 Å². The summed E-state index contributed by atoms with van der Waals surface area (Å²) in [4.78, 5) is 15.9. The van der Waals surface area contributed by atoms with Gasteiger partial charge in [-0.1, -0.05) is 0 Å². The average Bonchev–Trinajstić information content (AvgIpc) is 2.85. The molecule has 1 saturated heterocycles. The van der Waals surface area contributed by atoms with Gasteiger partial charge in [0.15, 0.2) is 0 Å². The molecule has 0 N–H and O–H groups in total. The third-order valence-corrected chi connectivity index (χ3v) is 4.98. The first-order chi connectivity index (χ1) is 11.7. The molecule has 1 fully saturated rings. The van der Waals surface area contributed by atoms with Crippen molar-refractivity contribution in [3.63, 3.8) is 0 Å². The normalized spacial score (nSPS) is 19.8. The van der Waals surface area contributed by atoms with Gasteiger partial charge in [-0.05, 0) is 49.9 Å². The lowest BCUT2D eigenvalue weighted by atomic mass is 9.98. The van der Waals surface area contributed by atoms with Crippen LogP contribution >= 0.6 is 0 Å². The monoisotopic (exact) mass is 358 g/mol. The molecule has 7 heteroatoms. The number of amides is 1. The van der Waals surface area contributed by atoms with E-state index in [2.05, 4.69) is 0 Å². The summed E-state index contributed by atoms with van der Waals surface area (Å²) >= 11 is 0. The number of rotatable bonds is 3. The Morgan fingerprint density at radius 1 is 1.20 bits per heavy atom. The highest BCUT2D eigenvalue weighted by atomic mass is 19.4. The Bertz CT molecular complexity index is 664. The number of hydrogen-bond acceptors (Lipinski definition) is 2. The minimum atomic E-state index is -4.50. The fraction of sp³-hybridized carbons (Fsp3) is 0.611. The fourth-order valence-electron chi connectivity index (χ4n) is 3.57. The van der Waals surface area contributed by atoms with Crippen LogP contribution in [0, 0.1) is 0 Å². The number of carbonyl (C=O) groups excluding carboxylic acids is 1. The molecule has 138 valence electrons. The van der Waals surface area contributed by atoms with E-state index < -0.39 is 17.9 Å². The fourth-order valence-corrected chi connectivity index (χ4v) is 3.57. The zero-order valence-electron chi connectivity index (χ0n) is 14.4. The number of likely N-dealkylation sites (tertiary alicyclic amines) is 1. The number of nitrogens with zero attached hydrogens (tertiary/aromatic N) is 2. The second-order valence-corrected chi connectivity index (χ2v) is 7.14. The first-order valence-electron chi connectivity index (χ1n) is 8.57. The third kappa shape index (κ3) is 3.66. The maximum atomic E-state index is 13.5. The van der Waals surface area contributed by atoms with Crippen molar-refractivity contribution in [2.24, 2.45) is 0 Å². The van der Waals surface area contributed by atoms with Gasteiger partial charge in [-0.15, -0.1) is 0 Å². The predicted octanol–water partition coefficient (Wildman–Crippen LogP) is 4.00. The largest absolute Gasteiger partial charge is 0.416 e. The van der Waals surface area contributed by atoms with Gasteiger partial charge in [0.05, 0.1) is 5.56 Å². The van der Waals surface area contributed by atoms with Crippen LogP contribution < -0.4 is 0 Å². The van der Waals surface area contributed by atoms with E-state index in [1.165, 1.54) is 4.90 Å². The van der Waals surface area contributed by atoms with Gasteiger partial charge in [0.25, 0.3) is 5.91 Å². The molecule has 1 aromatic carbocycles. The molecule has 2 aliphatic heterocycles. The van der Waals surface area contributed by atoms with Crippen molar-refractivity contribution < 1.29 is 22.4 Å². The zero-order valence-corrected chi connectivity index (χ0v) is 14.4. The van der Waals surface area contributed by atoms with Crippen LogP contribution in [0.3, 0.4) is 0 Å². The lowest BCUT2D eigenvalue weighted by molar-refractivity contribution is -0.138. The Kier molecular flexibility index (Phi) is 4.79. The maximum Gasteiger partial charge on any atom is 0.416 e. The van der Waals surface area contributed by atoms with Gasteiger partial charge in [-0.25, -0.2) is 4.39 Å². The van der Waals surface area contributed by atoms with E-state index in [1.54, 1.807) is 19.9 Å². The molecule has 25 heavy (non-hydrogen) atoms. The molecule has 0 aromatic heterocycles. The van der Waals surface area contributed by atoms with Crippen molar-refractivity contribution in [3.8, 4) is 0 Å². The molecule has 3 rings (SSSR count). The molecule has 0 unspecified atom stereocenters. The van der Waals surface area contributed by atoms with E-state index in [-0.39, 0.29) is 29.6 Å². The molecular formula is C18H22F4N2O. The molecule has 0 radical (unpaired) electrons. The Morgan fingerprint density at radius 2 is 1.84 bits per heavy atom. The number of carbonyl (C=O) groups is 1. The molecule has 3 nitrogen and oxygen atoms in total. The molecule has 2 aliphatic rings. The lowest BCUT2D eigenvalue weighted by Gasteiger charge is -2.28. The van der Waals surface area contributed by atoms with Gasteiger partial charge in [0.2, 0.25) is 0 Å². The first-order valence-corrected chi connectivity index (χ1v) is 8.57.